The van der Waals surface area contributed by atoms with Crippen molar-refractivity contribution < 1.29 is 28.6 Å². The summed E-state index contributed by atoms with van der Waals surface area (Å²) in [5.74, 6) is -0.886. The normalized spacial score (nSPS) is 12.6. The molecule has 0 aliphatic carbocycles. The van der Waals surface area contributed by atoms with E-state index in [1.54, 1.807) is 0 Å². The second kappa shape index (κ2) is 54.5. The van der Waals surface area contributed by atoms with Crippen molar-refractivity contribution in [2.75, 3.05) is 13.2 Å². The Bertz CT molecular complexity index is 1240. The Morgan fingerprint density at radius 3 is 1.00 bits per heavy atom. The molecule has 66 heavy (non-hydrogen) atoms. The average molecular weight is 921 g/mol. The molecule has 0 aromatic carbocycles. The average Bonchev–Trinajstić information content (AvgIpc) is 3.31. The molecule has 0 saturated carbocycles. The van der Waals surface area contributed by atoms with E-state index < -0.39 is 6.10 Å². The van der Waals surface area contributed by atoms with Crippen molar-refractivity contribution in [3.8, 4) is 0 Å². The summed E-state index contributed by atoms with van der Waals surface area (Å²) < 4.78 is 16.8. The number of allylic oxidation sites excluding steroid dienone is 12. The molecular weight excluding hydrogens is 817 g/mol. The van der Waals surface area contributed by atoms with Crippen molar-refractivity contribution in [1.82, 2.24) is 0 Å². The maximum Gasteiger partial charge on any atom is 0.306 e. The number of hydrogen-bond donors (Lipinski definition) is 0. The first-order chi connectivity index (χ1) is 32.5. The van der Waals surface area contributed by atoms with Crippen molar-refractivity contribution in [1.29, 1.82) is 0 Å². The minimum Gasteiger partial charge on any atom is -0.462 e. The Kier molecular flexibility index (Phi) is 51.9. The zero-order valence-electron chi connectivity index (χ0n) is 43.4. The van der Waals surface area contributed by atoms with Gasteiger partial charge in [-0.25, -0.2) is 0 Å². The lowest BCUT2D eigenvalue weighted by Crippen LogP contribution is -2.30. The molecule has 0 aliphatic heterocycles. The Labute approximate surface area is 408 Å². The summed E-state index contributed by atoms with van der Waals surface area (Å²) in [4.78, 5) is 37.9. The molecule has 0 aromatic rings. The van der Waals surface area contributed by atoms with Crippen LogP contribution in [0, 0.1) is 0 Å². The SMILES string of the molecule is CC/C=C\C/C=C\C/C=C\C/C=C\C/C=C\CCCCCCCCCCCCCC(=O)OCC(COC(=O)CCCCCCC/C=C\CCC)OC(=O)CCCCCCCCCCCCC. The Balaban J connectivity index is 4.17. The molecule has 0 radical (unpaired) electrons. The lowest BCUT2D eigenvalue weighted by molar-refractivity contribution is -0.167. The molecule has 6 heteroatoms. The second-order valence-electron chi connectivity index (χ2n) is 18.5. The van der Waals surface area contributed by atoms with E-state index in [0.29, 0.717) is 19.3 Å². The van der Waals surface area contributed by atoms with Gasteiger partial charge in [0.05, 0.1) is 0 Å². The molecule has 0 rings (SSSR count). The molecule has 0 spiro atoms. The standard InChI is InChI=1S/C60H104O6/c1-4-7-10-13-16-19-22-23-24-25-26-27-28-29-30-31-32-33-34-35-36-37-39-41-44-47-50-53-59(62)65-56-57(55-64-58(61)52-49-46-43-40-21-18-15-12-9-6-3)66-60(63)54-51-48-45-42-38-20-17-14-11-8-5-2/h7,10,12,15-16,19,23-24,26-27,29-30,57H,4-6,8-9,11,13-14,17-18,20-22,25,28,31-56H2,1-3H3/b10-7-,15-12-,19-16-,24-23-,27-26-,30-29-. The van der Waals surface area contributed by atoms with Crippen LogP contribution in [0.3, 0.4) is 0 Å². The zero-order valence-corrected chi connectivity index (χ0v) is 43.4. The number of hydrogen-bond acceptors (Lipinski definition) is 6. The quantitative estimate of drug-likeness (QED) is 0.0262. The fourth-order valence-corrected chi connectivity index (χ4v) is 7.77. The molecule has 1 unspecified atom stereocenters. The number of carbonyl (C=O) groups is 3. The van der Waals surface area contributed by atoms with Gasteiger partial charge in [0.15, 0.2) is 6.10 Å². The summed E-state index contributed by atoms with van der Waals surface area (Å²) in [7, 11) is 0. The molecule has 0 aromatic heterocycles. The van der Waals surface area contributed by atoms with Crippen LogP contribution in [0.25, 0.3) is 0 Å². The van der Waals surface area contributed by atoms with Crippen LogP contribution in [0.4, 0.5) is 0 Å². The third-order valence-electron chi connectivity index (χ3n) is 11.9. The number of unbranched alkanes of at least 4 members (excludes halogenated alkanes) is 27. The number of rotatable bonds is 50. The molecular formula is C60H104O6. The van der Waals surface area contributed by atoms with Gasteiger partial charge in [0.2, 0.25) is 0 Å². The minimum atomic E-state index is -0.775. The van der Waals surface area contributed by atoms with Crippen molar-refractivity contribution >= 4 is 17.9 Å². The smallest absolute Gasteiger partial charge is 0.306 e. The molecule has 0 fully saturated rings. The van der Waals surface area contributed by atoms with Crippen molar-refractivity contribution in [3.05, 3.63) is 72.9 Å². The third-order valence-corrected chi connectivity index (χ3v) is 11.9. The predicted octanol–water partition coefficient (Wildman–Crippen LogP) is 18.6. The van der Waals surface area contributed by atoms with Crippen LogP contribution < -0.4 is 0 Å². The van der Waals surface area contributed by atoms with E-state index in [0.717, 1.165) is 103 Å². The Morgan fingerprint density at radius 2 is 0.621 bits per heavy atom. The summed E-state index contributed by atoms with van der Waals surface area (Å²) >= 11 is 0. The van der Waals surface area contributed by atoms with Crippen molar-refractivity contribution in [3.63, 3.8) is 0 Å². The van der Waals surface area contributed by atoms with Crippen LogP contribution in [-0.2, 0) is 28.6 Å². The van der Waals surface area contributed by atoms with Crippen molar-refractivity contribution in [2.24, 2.45) is 0 Å². The lowest BCUT2D eigenvalue weighted by Gasteiger charge is -2.18. The van der Waals surface area contributed by atoms with Gasteiger partial charge in [0, 0.05) is 19.3 Å². The van der Waals surface area contributed by atoms with Gasteiger partial charge < -0.3 is 14.2 Å². The first-order valence-electron chi connectivity index (χ1n) is 27.9. The summed E-state index contributed by atoms with van der Waals surface area (Å²) in [5.41, 5.74) is 0. The van der Waals surface area contributed by atoms with E-state index in [2.05, 4.69) is 93.7 Å². The van der Waals surface area contributed by atoms with E-state index in [-0.39, 0.29) is 31.1 Å². The molecule has 1 atom stereocenters. The molecule has 0 N–H and O–H groups in total. The van der Waals surface area contributed by atoms with Gasteiger partial charge in [-0.3, -0.25) is 14.4 Å². The third kappa shape index (κ3) is 51.8. The van der Waals surface area contributed by atoms with E-state index in [1.165, 1.54) is 128 Å². The predicted molar refractivity (Wildman–Crippen MR) is 284 cm³/mol. The van der Waals surface area contributed by atoms with Crippen LogP contribution in [0.5, 0.6) is 0 Å². The van der Waals surface area contributed by atoms with E-state index in [1.807, 2.05) is 0 Å². The maximum atomic E-state index is 12.8. The summed E-state index contributed by atoms with van der Waals surface area (Å²) in [6, 6.07) is 0. The minimum absolute atomic E-state index is 0.0772. The lowest BCUT2D eigenvalue weighted by atomic mass is 10.0. The number of ether oxygens (including phenoxy) is 3. The van der Waals surface area contributed by atoms with Gasteiger partial charge in [-0.05, 0) is 83.5 Å². The van der Waals surface area contributed by atoms with E-state index in [4.69, 9.17) is 14.2 Å². The first-order valence-corrected chi connectivity index (χ1v) is 27.9. The van der Waals surface area contributed by atoms with Gasteiger partial charge in [-0.15, -0.1) is 0 Å². The van der Waals surface area contributed by atoms with E-state index >= 15 is 0 Å². The summed E-state index contributed by atoms with van der Waals surface area (Å²) in [5, 5.41) is 0. The molecule has 0 heterocycles. The van der Waals surface area contributed by atoms with Gasteiger partial charge in [0.1, 0.15) is 13.2 Å². The Morgan fingerprint density at radius 1 is 0.318 bits per heavy atom. The fourth-order valence-electron chi connectivity index (χ4n) is 7.77. The molecule has 0 amide bonds. The first kappa shape index (κ1) is 62.8. The van der Waals surface area contributed by atoms with Gasteiger partial charge in [0.25, 0.3) is 0 Å². The summed E-state index contributed by atoms with van der Waals surface area (Å²) in [6.45, 7) is 6.46. The highest BCUT2D eigenvalue weighted by Gasteiger charge is 2.19. The highest BCUT2D eigenvalue weighted by molar-refractivity contribution is 5.71. The largest absolute Gasteiger partial charge is 0.462 e. The fraction of sp³-hybridized carbons (Fsp3) is 0.750. The molecule has 0 aliphatic rings. The van der Waals surface area contributed by atoms with Crippen LogP contribution in [-0.4, -0.2) is 37.2 Å². The maximum absolute atomic E-state index is 12.8. The number of carbonyl (C=O) groups excluding carboxylic acids is 3. The zero-order chi connectivity index (χ0) is 47.9. The van der Waals surface area contributed by atoms with Gasteiger partial charge in [-0.2, -0.15) is 0 Å². The molecule has 380 valence electrons. The van der Waals surface area contributed by atoms with Crippen LogP contribution in [0.1, 0.15) is 271 Å². The second-order valence-corrected chi connectivity index (χ2v) is 18.5. The van der Waals surface area contributed by atoms with Crippen LogP contribution in [0.15, 0.2) is 72.9 Å². The molecule has 6 nitrogen and oxygen atoms in total. The van der Waals surface area contributed by atoms with E-state index in [9.17, 15) is 14.4 Å². The van der Waals surface area contributed by atoms with Crippen LogP contribution >= 0.6 is 0 Å². The summed E-state index contributed by atoms with van der Waals surface area (Å²) in [6.07, 6.45) is 69.0. The number of esters is 3. The molecule has 0 bridgehead atoms. The van der Waals surface area contributed by atoms with Gasteiger partial charge in [-0.1, -0.05) is 241 Å². The van der Waals surface area contributed by atoms with Gasteiger partial charge >= 0.3 is 17.9 Å². The topological polar surface area (TPSA) is 78.9 Å². The monoisotopic (exact) mass is 921 g/mol. The highest BCUT2D eigenvalue weighted by atomic mass is 16.6. The molecule has 0 saturated heterocycles. The van der Waals surface area contributed by atoms with Crippen LogP contribution in [0.2, 0.25) is 0 Å². The van der Waals surface area contributed by atoms with Crippen molar-refractivity contribution in [2.45, 2.75) is 277 Å². The highest BCUT2D eigenvalue weighted by Crippen LogP contribution is 2.16. The Hall–Kier alpha value is -3.15.